The lowest BCUT2D eigenvalue weighted by molar-refractivity contribution is -0.0103. The molecule has 1 heterocycles. The fourth-order valence-electron chi connectivity index (χ4n) is 3.39. The topological polar surface area (TPSA) is 41.8 Å². The molecule has 0 bridgehead atoms. The number of nitrogens with zero attached hydrogens (tertiary/aromatic N) is 1. The molecule has 2 aromatic carbocycles. The number of ether oxygens (including phenoxy) is 1. The Kier molecular flexibility index (Phi) is 4.49. The van der Waals surface area contributed by atoms with Gasteiger partial charge in [-0.05, 0) is 18.1 Å². The number of benzene rings is 2. The zero-order valence-electron chi connectivity index (χ0n) is 13.6. The molecule has 120 valence electrons. The van der Waals surface area contributed by atoms with Crippen LogP contribution in [0.15, 0.2) is 65.7 Å². The predicted molar refractivity (Wildman–Crippen MR) is 92.7 cm³/mol. The number of aliphatic hydroxyl groups is 1. The van der Waals surface area contributed by atoms with Crippen molar-refractivity contribution in [2.24, 2.45) is 4.99 Å². The van der Waals surface area contributed by atoms with Crippen molar-refractivity contribution in [1.29, 1.82) is 0 Å². The van der Waals surface area contributed by atoms with Crippen molar-refractivity contribution in [3.63, 3.8) is 0 Å². The monoisotopic (exact) mass is 309 g/mol. The normalized spacial score (nSPS) is 20.9. The van der Waals surface area contributed by atoms with Crippen LogP contribution in [0, 0.1) is 0 Å². The molecule has 23 heavy (non-hydrogen) atoms. The Bertz CT molecular complexity index is 625. The average molecular weight is 309 g/mol. The van der Waals surface area contributed by atoms with Crippen LogP contribution in [-0.4, -0.2) is 28.8 Å². The highest BCUT2D eigenvalue weighted by molar-refractivity contribution is 5.75. The first kappa shape index (κ1) is 15.8. The van der Waals surface area contributed by atoms with E-state index >= 15 is 0 Å². The SMILES string of the molecule is CC1=N[C@H](C(O)(Cc2ccccc2)Cc2ccccc2)[C@H](C)O1. The van der Waals surface area contributed by atoms with Crippen LogP contribution in [0.25, 0.3) is 0 Å². The van der Waals surface area contributed by atoms with Gasteiger partial charge in [-0.15, -0.1) is 0 Å². The fraction of sp³-hybridized carbons (Fsp3) is 0.350. The smallest absolute Gasteiger partial charge is 0.180 e. The van der Waals surface area contributed by atoms with E-state index in [0.29, 0.717) is 18.7 Å². The van der Waals surface area contributed by atoms with Crippen LogP contribution in [0.2, 0.25) is 0 Å². The summed E-state index contributed by atoms with van der Waals surface area (Å²) in [6, 6.07) is 19.9. The quantitative estimate of drug-likeness (QED) is 0.919. The molecule has 0 amide bonds. The maximum absolute atomic E-state index is 11.5. The zero-order valence-corrected chi connectivity index (χ0v) is 13.6. The van der Waals surface area contributed by atoms with Gasteiger partial charge in [0.15, 0.2) is 5.90 Å². The van der Waals surface area contributed by atoms with E-state index in [-0.39, 0.29) is 12.1 Å². The third kappa shape index (κ3) is 3.62. The van der Waals surface area contributed by atoms with Gasteiger partial charge in [-0.3, -0.25) is 0 Å². The predicted octanol–water partition coefficient (Wildman–Crippen LogP) is 3.41. The van der Waals surface area contributed by atoms with Gasteiger partial charge in [0, 0.05) is 19.8 Å². The number of hydrogen-bond acceptors (Lipinski definition) is 3. The molecule has 0 unspecified atom stereocenters. The van der Waals surface area contributed by atoms with Crippen molar-refractivity contribution in [2.75, 3.05) is 0 Å². The van der Waals surface area contributed by atoms with Crippen molar-refractivity contribution in [1.82, 2.24) is 0 Å². The minimum absolute atomic E-state index is 0.118. The summed E-state index contributed by atoms with van der Waals surface area (Å²) in [7, 11) is 0. The van der Waals surface area contributed by atoms with E-state index in [9.17, 15) is 5.11 Å². The molecule has 0 radical (unpaired) electrons. The summed E-state index contributed by atoms with van der Waals surface area (Å²) in [5.41, 5.74) is 1.25. The fourth-order valence-corrected chi connectivity index (χ4v) is 3.39. The van der Waals surface area contributed by atoms with Gasteiger partial charge >= 0.3 is 0 Å². The molecule has 0 saturated carbocycles. The van der Waals surface area contributed by atoms with Gasteiger partial charge in [-0.2, -0.15) is 0 Å². The number of hydrogen-bond donors (Lipinski definition) is 1. The lowest BCUT2D eigenvalue weighted by Gasteiger charge is -2.34. The Balaban J connectivity index is 1.92. The zero-order chi connectivity index (χ0) is 16.3. The van der Waals surface area contributed by atoms with E-state index in [1.807, 2.05) is 74.5 Å². The van der Waals surface area contributed by atoms with Gasteiger partial charge in [0.05, 0.1) is 5.60 Å². The molecule has 2 aromatic rings. The molecule has 3 nitrogen and oxygen atoms in total. The maximum Gasteiger partial charge on any atom is 0.180 e. The van der Waals surface area contributed by atoms with Crippen molar-refractivity contribution in [3.8, 4) is 0 Å². The van der Waals surface area contributed by atoms with Gasteiger partial charge in [0.2, 0.25) is 0 Å². The summed E-state index contributed by atoms with van der Waals surface area (Å²) in [6.45, 7) is 3.83. The van der Waals surface area contributed by atoms with Crippen LogP contribution in [-0.2, 0) is 17.6 Å². The number of aliphatic imine (C=N–C) groups is 1. The van der Waals surface area contributed by atoms with Crippen molar-refractivity contribution in [2.45, 2.75) is 44.4 Å². The second-order valence-corrected chi connectivity index (χ2v) is 6.34. The molecule has 0 aliphatic carbocycles. The molecule has 0 spiro atoms. The van der Waals surface area contributed by atoms with E-state index in [0.717, 1.165) is 11.1 Å². The molecule has 0 saturated heterocycles. The maximum atomic E-state index is 11.5. The van der Waals surface area contributed by atoms with Gasteiger partial charge in [0.25, 0.3) is 0 Å². The summed E-state index contributed by atoms with van der Waals surface area (Å²) in [5.74, 6) is 0.655. The molecule has 3 heteroatoms. The van der Waals surface area contributed by atoms with Gasteiger partial charge < -0.3 is 9.84 Å². The molecule has 2 atom stereocenters. The molecular weight excluding hydrogens is 286 g/mol. The Morgan fingerprint density at radius 3 is 1.83 bits per heavy atom. The first-order valence-electron chi connectivity index (χ1n) is 8.08. The Hall–Kier alpha value is -2.13. The highest BCUT2D eigenvalue weighted by Crippen LogP contribution is 2.31. The van der Waals surface area contributed by atoms with Crippen LogP contribution in [0.5, 0.6) is 0 Å². The Labute approximate surface area is 137 Å². The molecular formula is C20H23NO2. The molecule has 0 fully saturated rings. The van der Waals surface area contributed by atoms with Crippen LogP contribution in [0.3, 0.4) is 0 Å². The minimum Gasteiger partial charge on any atom is -0.476 e. The number of rotatable bonds is 5. The first-order valence-corrected chi connectivity index (χ1v) is 8.08. The summed E-state index contributed by atoms with van der Waals surface area (Å²) in [6.07, 6.45) is 0.989. The standard InChI is InChI=1S/C20H23NO2/c1-15-19(21-16(2)23-15)20(22,13-17-9-5-3-6-10-17)14-18-11-7-4-8-12-18/h3-12,15,19,22H,13-14H2,1-2H3/t15-,19-/m0/s1. The Morgan fingerprint density at radius 2 is 1.43 bits per heavy atom. The summed E-state index contributed by atoms with van der Waals surface area (Å²) < 4.78 is 5.69. The third-order valence-electron chi connectivity index (χ3n) is 4.38. The van der Waals surface area contributed by atoms with Crippen molar-refractivity contribution >= 4 is 5.90 Å². The summed E-state index contributed by atoms with van der Waals surface area (Å²) >= 11 is 0. The van der Waals surface area contributed by atoms with E-state index in [2.05, 4.69) is 4.99 Å². The second-order valence-electron chi connectivity index (χ2n) is 6.34. The largest absolute Gasteiger partial charge is 0.476 e. The van der Waals surface area contributed by atoms with E-state index in [1.54, 1.807) is 0 Å². The third-order valence-corrected chi connectivity index (χ3v) is 4.38. The average Bonchev–Trinajstić information content (AvgIpc) is 2.88. The molecule has 3 rings (SSSR count). The first-order chi connectivity index (χ1) is 11.1. The lowest BCUT2D eigenvalue weighted by Crippen LogP contribution is -2.49. The summed E-state index contributed by atoms with van der Waals surface area (Å²) in [5, 5.41) is 11.5. The van der Waals surface area contributed by atoms with E-state index in [1.165, 1.54) is 0 Å². The molecule has 1 aliphatic rings. The summed E-state index contributed by atoms with van der Waals surface area (Å²) in [4.78, 5) is 4.58. The molecule has 1 N–H and O–H groups in total. The van der Waals surface area contributed by atoms with Gasteiger partial charge in [0.1, 0.15) is 12.1 Å². The van der Waals surface area contributed by atoms with E-state index in [4.69, 9.17) is 4.74 Å². The minimum atomic E-state index is -0.972. The highest BCUT2D eigenvalue weighted by Gasteiger charge is 2.44. The van der Waals surface area contributed by atoms with Crippen molar-refractivity contribution < 1.29 is 9.84 Å². The van der Waals surface area contributed by atoms with Crippen LogP contribution in [0.1, 0.15) is 25.0 Å². The van der Waals surface area contributed by atoms with Crippen LogP contribution >= 0.6 is 0 Å². The Morgan fingerprint density at radius 1 is 0.957 bits per heavy atom. The van der Waals surface area contributed by atoms with Crippen LogP contribution < -0.4 is 0 Å². The van der Waals surface area contributed by atoms with Crippen LogP contribution in [0.4, 0.5) is 0 Å². The second kappa shape index (κ2) is 6.55. The molecule has 1 aliphatic heterocycles. The van der Waals surface area contributed by atoms with Gasteiger partial charge in [-0.1, -0.05) is 60.7 Å². The van der Waals surface area contributed by atoms with Gasteiger partial charge in [-0.25, -0.2) is 4.99 Å². The van der Waals surface area contributed by atoms with E-state index < -0.39 is 5.60 Å². The highest BCUT2D eigenvalue weighted by atomic mass is 16.5. The lowest BCUT2D eigenvalue weighted by atomic mass is 9.80. The van der Waals surface area contributed by atoms with Crippen molar-refractivity contribution in [3.05, 3.63) is 71.8 Å². The molecule has 0 aromatic heterocycles.